The molecular formula is C18H20ClNO2. The molecular weight excluding hydrogens is 298 g/mol. The summed E-state index contributed by atoms with van der Waals surface area (Å²) in [5.74, 6) is 0.365. The Kier molecular flexibility index (Phi) is 5.84. The van der Waals surface area contributed by atoms with Gasteiger partial charge in [0, 0.05) is 5.02 Å². The number of nitrogens with one attached hydrogen (secondary N) is 1. The largest absolute Gasteiger partial charge is 0.495 e. The van der Waals surface area contributed by atoms with Crippen LogP contribution in [0.15, 0.2) is 48.5 Å². The van der Waals surface area contributed by atoms with Crippen molar-refractivity contribution < 1.29 is 9.53 Å². The minimum Gasteiger partial charge on any atom is -0.495 e. The molecule has 2 rings (SSSR count). The second-order valence-electron chi connectivity index (χ2n) is 5.09. The molecule has 0 aromatic heterocycles. The maximum Gasteiger partial charge on any atom is 0.232 e. The van der Waals surface area contributed by atoms with Crippen LogP contribution in [0.3, 0.4) is 0 Å². The summed E-state index contributed by atoms with van der Waals surface area (Å²) in [5, 5.41) is 3.50. The third-order valence-electron chi connectivity index (χ3n) is 3.52. The van der Waals surface area contributed by atoms with Gasteiger partial charge in [-0.05, 0) is 30.2 Å². The number of methoxy groups -OCH3 is 1. The van der Waals surface area contributed by atoms with Crippen LogP contribution in [0.1, 0.15) is 31.2 Å². The van der Waals surface area contributed by atoms with Crippen molar-refractivity contribution in [3.8, 4) is 5.75 Å². The molecule has 116 valence electrons. The van der Waals surface area contributed by atoms with E-state index in [1.807, 2.05) is 30.3 Å². The lowest BCUT2D eigenvalue weighted by atomic mass is 9.93. The van der Waals surface area contributed by atoms with Crippen LogP contribution >= 0.6 is 11.6 Å². The lowest BCUT2D eigenvalue weighted by Crippen LogP contribution is -2.21. The fourth-order valence-electron chi connectivity index (χ4n) is 2.42. The zero-order valence-corrected chi connectivity index (χ0v) is 13.6. The van der Waals surface area contributed by atoms with Crippen molar-refractivity contribution in [2.24, 2.45) is 0 Å². The molecule has 0 aliphatic carbocycles. The first-order valence-electron chi connectivity index (χ1n) is 7.35. The summed E-state index contributed by atoms with van der Waals surface area (Å²) in [4.78, 5) is 12.7. The van der Waals surface area contributed by atoms with Crippen molar-refractivity contribution in [2.45, 2.75) is 25.7 Å². The number of hydrogen-bond donors (Lipinski definition) is 1. The zero-order chi connectivity index (χ0) is 15.9. The molecule has 3 nitrogen and oxygen atoms in total. The summed E-state index contributed by atoms with van der Waals surface area (Å²) in [6, 6.07) is 15.0. The third-order valence-corrected chi connectivity index (χ3v) is 3.75. The van der Waals surface area contributed by atoms with Gasteiger partial charge in [0.05, 0.1) is 18.7 Å². The molecule has 22 heavy (non-hydrogen) atoms. The Hall–Kier alpha value is -2.00. The summed E-state index contributed by atoms with van der Waals surface area (Å²) < 4.78 is 5.27. The number of ether oxygens (including phenoxy) is 1. The Labute approximate surface area is 136 Å². The average Bonchev–Trinajstić information content (AvgIpc) is 2.53. The molecule has 4 heteroatoms. The average molecular weight is 318 g/mol. The predicted molar refractivity (Wildman–Crippen MR) is 90.7 cm³/mol. The molecule has 0 heterocycles. The van der Waals surface area contributed by atoms with Crippen molar-refractivity contribution in [3.05, 3.63) is 59.1 Å². The maximum absolute atomic E-state index is 12.7. The van der Waals surface area contributed by atoms with Crippen molar-refractivity contribution in [1.82, 2.24) is 0 Å². The van der Waals surface area contributed by atoms with Gasteiger partial charge in [-0.15, -0.1) is 0 Å². The summed E-state index contributed by atoms with van der Waals surface area (Å²) in [5.41, 5.74) is 1.61. The number of benzene rings is 2. The maximum atomic E-state index is 12.7. The van der Waals surface area contributed by atoms with Gasteiger partial charge in [-0.1, -0.05) is 55.3 Å². The zero-order valence-electron chi connectivity index (χ0n) is 12.8. The molecule has 2 aromatic rings. The van der Waals surface area contributed by atoms with Gasteiger partial charge in [-0.2, -0.15) is 0 Å². The number of amides is 1. The molecule has 0 aliphatic rings. The summed E-state index contributed by atoms with van der Waals surface area (Å²) in [7, 11) is 1.57. The van der Waals surface area contributed by atoms with E-state index in [2.05, 4.69) is 12.2 Å². The molecule has 0 fully saturated rings. The van der Waals surface area contributed by atoms with Crippen LogP contribution in [0, 0.1) is 0 Å². The second kappa shape index (κ2) is 7.85. The highest BCUT2D eigenvalue weighted by Gasteiger charge is 2.20. The number of rotatable bonds is 6. The van der Waals surface area contributed by atoms with Crippen molar-refractivity contribution in [3.63, 3.8) is 0 Å². The quantitative estimate of drug-likeness (QED) is 0.825. The smallest absolute Gasteiger partial charge is 0.232 e. The molecule has 0 unspecified atom stereocenters. The van der Waals surface area contributed by atoms with E-state index in [9.17, 15) is 4.79 Å². The van der Waals surface area contributed by atoms with Gasteiger partial charge in [0.2, 0.25) is 5.91 Å². The molecule has 0 saturated carbocycles. The molecule has 1 amide bonds. The molecule has 0 aliphatic heterocycles. The highest BCUT2D eigenvalue weighted by atomic mass is 35.5. The Balaban J connectivity index is 2.24. The number of carbonyl (C=O) groups is 1. The van der Waals surface area contributed by atoms with E-state index < -0.39 is 0 Å². The van der Waals surface area contributed by atoms with Crippen LogP contribution in [0.25, 0.3) is 0 Å². The number of halogens is 1. The van der Waals surface area contributed by atoms with Crippen LogP contribution in [0.5, 0.6) is 5.75 Å². The fourth-order valence-corrected chi connectivity index (χ4v) is 2.59. The monoisotopic (exact) mass is 317 g/mol. The molecule has 1 N–H and O–H groups in total. The second-order valence-corrected chi connectivity index (χ2v) is 5.52. The predicted octanol–water partition coefficient (Wildman–Crippen LogP) is 4.87. The molecule has 1 atom stereocenters. The van der Waals surface area contributed by atoms with Gasteiger partial charge in [-0.25, -0.2) is 0 Å². The van der Waals surface area contributed by atoms with Crippen molar-refractivity contribution >= 4 is 23.2 Å². The Morgan fingerprint density at radius 1 is 1.23 bits per heavy atom. The first-order valence-corrected chi connectivity index (χ1v) is 7.72. The topological polar surface area (TPSA) is 38.3 Å². The summed E-state index contributed by atoms with van der Waals surface area (Å²) >= 11 is 6.01. The standard InChI is InChI=1S/C18H20ClNO2/c1-3-7-15(13-8-5-4-6-9-13)18(21)20-16-12-14(19)10-11-17(16)22-2/h4-6,8-12,15H,3,7H2,1-2H3,(H,20,21)/t15-/m1/s1. The van der Waals surface area contributed by atoms with E-state index in [0.29, 0.717) is 16.5 Å². The van der Waals surface area contributed by atoms with E-state index in [-0.39, 0.29) is 11.8 Å². The van der Waals surface area contributed by atoms with E-state index in [0.717, 1.165) is 18.4 Å². The van der Waals surface area contributed by atoms with Crippen LogP contribution in [0.4, 0.5) is 5.69 Å². The number of hydrogen-bond acceptors (Lipinski definition) is 2. The van der Waals surface area contributed by atoms with Gasteiger partial charge >= 0.3 is 0 Å². The lowest BCUT2D eigenvalue weighted by Gasteiger charge is -2.18. The van der Waals surface area contributed by atoms with Gasteiger partial charge in [0.25, 0.3) is 0 Å². The fraction of sp³-hybridized carbons (Fsp3) is 0.278. The van der Waals surface area contributed by atoms with Crippen LogP contribution in [0.2, 0.25) is 5.02 Å². The Bertz CT molecular complexity index is 628. The number of carbonyl (C=O) groups excluding carboxylic acids is 1. The molecule has 0 bridgehead atoms. The number of anilines is 1. The van der Waals surface area contributed by atoms with Gasteiger partial charge < -0.3 is 10.1 Å². The molecule has 2 aromatic carbocycles. The van der Waals surface area contributed by atoms with E-state index in [4.69, 9.17) is 16.3 Å². The summed E-state index contributed by atoms with van der Waals surface area (Å²) in [6.45, 7) is 2.07. The highest BCUT2D eigenvalue weighted by molar-refractivity contribution is 6.31. The molecule has 0 saturated heterocycles. The first-order chi connectivity index (χ1) is 10.7. The van der Waals surface area contributed by atoms with E-state index in [1.165, 1.54) is 0 Å². The van der Waals surface area contributed by atoms with E-state index >= 15 is 0 Å². The normalized spacial score (nSPS) is 11.8. The minimum absolute atomic E-state index is 0.0476. The SMILES string of the molecule is CCC[C@@H](C(=O)Nc1cc(Cl)ccc1OC)c1ccccc1. The van der Waals surface area contributed by atoms with E-state index in [1.54, 1.807) is 25.3 Å². The minimum atomic E-state index is -0.185. The van der Waals surface area contributed by atoms with Gasteiger partial charge in [0.1, 0.15) is 5.75 Å². The van der Waals surface area contributed by atoms with Crippen LogP contribution < -0.4 is 10.1 Å². The first kappa shape index (κ1) is 16.4. The Morgan fingerprint density at radius 2 is 1.95 bits per heavy atom. The lowest BCUT2D eigenvalue weighted by molar-refractivity contribution is -0.117. The molecule has 0 radical (unpaired) electrons. The van der Waals surface area contributed by atoms with Gasteiger partial charge in [0.15, 0.2) is 0 Å². The van der Waals surface area contributed by atoms with Gasteiger partial charge in [-0.3, -0.25) is 4.79 Å². The van der Waals surface area contributed by atoms with Crippen molar-refractivity contribution in [2.75, 3.05) is 12.4 Å². The Morgan fingerprint density at radius 3 is 2.59 bits per heavy atom. The van der Waals surface area contributed by atoms with Crippen LogP contribution in [-0.2, 0) is 4.79 Å². The van der Waals surface area contributed by atoms with Crippen molar-refractivity contribution in [1.29, 1.82) is 0 Å². The molecule has 0 spiro atoms. The van der Waals surface area contributed by atoms with Crippen LogP contribution in [-0.4, -0.2) is 13.0 Å². The highest BCUT2D eigenvalue weighted by Crippen LogP contribution is 2.30. The summed E-state index contributed by atoms with van der Waals surface area (Å²) in [6.07, 6.45) is 1.72. The third kappa shape index (κ3) is 4.01.